The summed E-state index contributed by atoms with van der Waals surface area (Å²) in [4.78, 5) is 48.3. The first-order valence-electron chi connectivity index (χ1n) is 13.5. The lowest BCUT2D eigenvalue weighted by Crippen LogP contribution is -2.58. The van der Waals surface area contributed by atoms with E-state index in [1.165, 1.54) is 16.7 Å². The number of carbonyl (C=O) groups is 1. The highest BCUT2D eigenvalue weighted by atomic mass is 35.5. The standard InChI is InChI=1S/C30H30Cl2FN7O2/c1-7-23(41)38-13-17(5)39(14-16(38)4)27-20-12-21(31)25(19-10-8-9-11-22(19)33)35-28(20)40(30(42)37-27)26-18(6)34-29(32)36-24(26)15(2)3/h7-12,15-17H,1,13-14H2,2-6H3/t16-,17+/m1/s1. The Morgan fingerprint density at radius 1 is 1.10 bits per heavy atom. The van der Waals surface area contributed by atoms with Crippen LogP contribution in [-0.4, -0.2) is 60.5 Å². The van der Waals surface area contributed by atoms with Crippen molar-refractivity contribution in [2.45, 2.75) is 52.6 Å². The molecule has 0 aliphatic carbocycles. The molecule has 1 aliphatic heterocycles. The Bertz CT molecular complexity index is 1790. The first-order chi connectivity index (χ1) is 19.9. The monoisotopic (exact) mass is 609 g/mol. The van der Waals surface area contributed by atoms with Crippen LogP contribution < -0.4 is 10.6 Å². The maximum atomic E-state index is 15.0. The maximum absolute atomic E-state index is 15.0. The zero-order valence-electron chi connectivity index (χ0n) is 23.9. The molecule has 0 bridgehead atoms. The highest BCUT2D eigenvalue weighted by Gasteiger charge is 2.34. The molecule has 0 radical (unpaired) electrons. The van der Waals surface area contributed by atoms with E-state index in [0.29, 0.717) is 41.4 Å². The van der Waals surface area contributed by atoms with Crippen molar-refractivity contribution in [1.82, 2.24) is 29.4 Å². The summed E-state index contributed by atoms with van der Waals surface area (Å²) in [6.45, 7) is 13.9. The Labute approximate surface area is 252 Å². The Balaban J connectivity index is 1.84. The molecule has 9 nitrogen and oxygen atoms in total. The predicted octanol–water partition coefficient (Wildman–Crippen LogP) is 5.73. The zero-order valence-corrected chi connectivity index (χ0v) is 25.4. The highest BCUT2D eigenvalue weighted by Crippen LogP contribution is 2.36. The molecule has 3 aromatic heterocycles. The number of anilines is 1. The number of halogens is 3. The first-order valence-corrected chi connectivity index (χ1v) is 14.3. The number of amides is 1. The van der Waals surface area contributed by atoms with E-state index in [1.54, 1.807) is 36.1 Å². The summed E-state index contributed by atoms with van der Waals surface area (Å²) < 4.78 is 16.3. The van der Waals surface area contributed by atoms with Gasteiger partial charge in [-0.1, -0.05) is 44.2 Å². The molecule has 4 heterocycles. The summed E-state index contributed by atoms with van der Waals surface area (Å²) in [6.07, 6.45) is 1.30. The van der Waals surface area contributed by atoms with Crippen LogP contribution in [0.5, 0.6) is 0 Å². The van der Waals surface area contributed by atoms with Gasteiger partial charge in [0.2, 0.25) is 11.2 Å². The van der Waals surface area contributed by atoms with Crippen molar-refractivity contribution in [3.05, 3.63) is 81.0 Å². The number of hydrogen-bond donors (Lipinski definition) is 0. The molecular weight excluding hydrogens is 580 g/mol. The van der Waals surface area contributed by atoms with Crippen molar-refractivity contribution in [2.75, 3.05) is 18.0 Å². The van der Waals surface area contributed by atoms with E-state index in [1.807, 2.05) is 32.6 Å². The zero-order chi connectivity index (χ0) is 30.5. The second-order valence-electron chi connectivity index (χ2n) is 10.7. The average molecular weight is 611 g/mol. The number of aryl methyl sites for hydroxylation is 1. The largest absolute Gasteiger partial charge is 0.355 e. The van der Waals surface area contributed by atoms with Gasteiger partial charge in [-0.3, -0.25) is 4.79 Å². The molecule has 2 atom stereocenters. The van der Waals surface area contributed by atoms with E-state index in [2.05, 4.69) is 21.5 Å². The minimum Gasteiger partial charge on any atom is -0.349 e. The van der Waals surface area contributed by atoms with E-state index < -0.39 is 11.5 Å². The quantitative estimate of drug-likeness (QED) is 0.211. The van der Waals surface area contributed by atoms with Gasteiger partial charge < -0.3 is 9.80 Å². The molecule has 42 heavy (non-hydrogen) atoms. The number of nitrogens with zero attached hydrogens (tertiary/aromatic N) is 7. The van der Waals surface area contributed by atoms with Crippen LogP contribution in [0.15, 0.2) is 47.8 Å². The maximum Gasteiger partial charge on any atom is 0.355 e. The fraction of sp³-hybridized carbons (Fsp3) is 0.333. The Morgan fingerprint density at radius 3 is 2.48 bits per heavy atom. The number of benzene rings is 1. The smallest absolute Gasteiger partial charge is 0.349 e. The van der Waals surface area contributed by atoms with Gasteiger partial charge in [0.25, 0.3) is 0 Å². The Hall–Kier alpha value is -3.89. The van der Waals surface area contributed by atoms with Crippen molar-refractivity contribution in [3.63, 3.8) is 0 Å². The summed E-state index contributed by atoms with van der Waals surface area (Å²) in [6, 6.07) is 7.43. The highest BCUT2D eigenvalue weighted by molar-refractivity contribution is 6.34. The third kappa shape index (κ3) is 5.13. The molecule has 0 saturated carbocycles. The van der Waals surface area contributed by atoms with Gasteiger partial charge in [0.05, 0.1) is 33.2 Å². The first kappa shape index (κ1) is 29.6. The molecule has 12 heteroatoms. The fourth-order valence-electron chi connectivity index (χ4n) is 5.45. The average Bonchev–Trinajstić information content (AvgIpc) is 2.94. The van der Waals surface area contributed by atoms with E-state index in [-0.39, 0.29) is 51.1 Å². The molecule has 1 amide bonds. The predicted molar refractivity (Wildman–Crippen MR) is 163 cm³/mol. The fourth-order valence-corrected chi connectivity index (χ4v) is 5.92. The molecule has 1 saturated heterocycles. The number of fused-ring (bicyclic) bond motifs is 1. The van der Waals surface area contributed by atoms with Crippen LogP contribution in [0.3, 0.4) is 0 Å². The number of piperazine rings is 1. The molecule has 0 N–H and O–H groups in total. The minimum absolute atomic E-state index is 0.0553. The van der Waals surface area contributed by atoms with Crippen LogP contribution in [0, 0.1) is 12.7 Å². The van der Waals surface area contributed by atoms with Crippen molar-refractivity contribution < 1.29 is 9.18 Å². The Morgan fingerprint density at radius 2 is 1.81 bits per heavy atom. The molecule has 1 fully saturated rings. The van der Waals surface area contributed by atoms with E-state index >= 15 is 0 Å². The Kier molecular flexibility index (Phi) is 8.04. The summed E-state index contributed by atoms with van der Waals surface area (Å²) in [7, 11) is 0. The van der Waals surface area contributed by atoms with E-state index in [0.717, 1.165) is 0 Å². The van der Waals surface area contributed by atoms with Crippen LogP contribution in [0.1, 0.15) is 45.0 Å². The number of pyridine rings is 1. The van der Waals surface area contributed by atoms with Crippen LogP contribution in [0.2, 0.25) is 10.3 Å². The van der Waals surface area contributed by atoms with Crippen LogP contribution in [0.25, 0.3) is 28.0 Å². The van der Waals surface area contributed by atoms with E-state index in [9.17, 15) is 14.0 Å². The summed E-state index contributed by atoms with van der Waals surface area (Å²) in [5.41, 5.74) is 1.36. The topological polar surface area (TPSA) is 97.1 Å². The normalized spacial score (nSPS) is 17.3. The van der Waals surface area contributed by atoms with Gasteiger partial charge in [0, 0.05) is 30.7 Å². The van der Waals surface area contributed by atoms with Crippen LogP contribution in [-0.2, 0) is 4.79 Å². The van der Waals surface area contributed by atoms with Crippen molar-refractivity contribution in [2.24, 2.45) is 0 Å². The lowest BCUT2D eigenvalue weighted by Gasteiger charge is -2.44. The molecule has 1 aromatic carbocycles. The second-order valence-corrected chi connectivity index (χ2v) is 11.5. The lowest BCUT2D eigenvalue weighted by atomic mass is 10.1. The SMILES string of the molecule is C=CC(=O)N1C[C@H](C)N(c2nc(=O)n(-c3c(C)nc(Cl)nc3C(C)C)c3nc(-c4ccccc4F)c(Cl)cc23)C[C@H]1C. The third-order valence-electron chi connectivity index (χ3n) is 7.47. The molecule has 1 aliphatic rings. The minimum atomic E-state index is -0.618. The number of rotatable bonds is 5. The number of aromatic nitrogens is 5. The van der Waals surface area contributed by atoms with Gasteiger partial charge in [-0.25, -0.2) is 28.7 Å². The molecule has 0 spiro atoms. The summed E-state index contributed by atoms with van der Waals surface area (Å²) >= 11 is 13.0. The lowest BCUT2D eigenvalue weighted by molar-refractivity contribution is -0.128. The van der Waals surface area contributed by atoms with Crippen LogP contribution >= 0.6 is 23.2 Å². The third-order valence-corrected chi connectivity index (χ3v) is 7.93. The molecule has 0 unspecified atom stereocenters. The van der Waals surface area contributed by atoms with Gasteiger partial charge in [-0.05, 0) is 62.6 Å². The van der Waals surface area contributed by atoms with Gasteiger partial charge in [-0.2, -0.15) is 4.98 Å². The van der Waals surface area contributed by atoms with E-state index in [4.69, 9.17) is 28.2 Å². The number of hydrogen-bond acceptors (Lipinski definition) is 7. The van der Waals surface area contributed by atoms with Crippen molar-refractivity contribution in [3.8, 4) is 16.9 Å². The molecular formula is C30H30Cl2FN7O2. The number of carbonyl (C=O) groups excluding carboxylic acids is 1. The van der Waals surface area contributed by atoms with Crippen molar-refractivity contribution >= 4 is 46.0 Å². The summed E-state index contributed by atoms with van der Waals surface area (Å²) in [5.74, 6) is -0.436. The van der Waals surface area contributed by atoms with Crippen LogP contribution in [0.4, 0.5) is 10.2 Å². The van der Waals surface area contributed by atoms with Gasteiger partial charge in [-0.15, -0.1) is 0 Å². The van der Waals surface area contributed by atoms with Gasteiger partial charge in [0.1, 0.15) is 11.6 Å². The molecule has 218 valence electrons. The van der Waals surface area contributed by atoms with Crippen molar-refractivity contribution in [1.29, 1.82) is 0 Å². The molecule has 4 aromatic rings. The second kappa shape index (κ2) is 11.4. The van der Waals surface area contributed by atoms with Gasteiger partial charge in [0.15, 0.2) is 5.65 Å². The summed E-state index contributed by atoms with van der Waals surface area (Å²) in [5, 5.41) is 0.723. The van der Waals surface area contributed by atoms with Gasteiger partial charge >= 0.3 is 5.69 Å². The molecule has 5 rings (SSSR count).